The van der Waals surface area contributed by atoms with Crippen molar-refractivity contribution in [1.29, 1.82) is 0 Å². The van der Waals surface area contributed by atoms with Crippen LogP contribution in [0.15, 0.2) is 64.5 Å². The third kappa shape index (κ3) is 5.20. The SMILES string of the molecule is C[C@H]1[C@H](F)C[C@@H](C(=O)CCc2cc(-c3cnc(C(F)(F)F)nc3)ncc2F)N1S(=O)(=O)c1cc2ccccc2o1. The van der Waals surface area contributed by atoms with E-state index in [-0.39, 0.29) is 36.1 Å². The standard InChI is InChI=1S/C26H21F5N4O4S/c1-14-18(27)10-21(35(14)40(37,38)24-9-16-4-2-3-5-23(16)39-24)22(36)7-6-15-8-20(32-13-19(15)28)17-11-33-25(34-12-17)26(29,30)31/h2-5,8-9,11-14,18,21H,6-7,10H2,1H3/t14-,18+,21-/m0/s1. The number of aryl methyl sites for hydroxylation is 1. The number of pyridine rings is 1. The summed E-state index contributed by atoms with van der Waals surface area (Å²) in [5.74, 6) is -2.75. The largest absolute Gasteiger partial charge is 0.451 e. The number of carbonyl (C=O) groups excluding carboxylic acids is 1. The molecule has 0 saturated carbocycles. The number of Topliss-reactive ketones (excluding diaryl/α,β-unsaturated/α-hetero) is 1. The Bertz CT molecular complexity index is 1640. The van der Waals surface area contributed by atoms with Crippen LogP contribution in [0.25, 0.3) is 22.2 Å². The second-order valence-corrected chi connectivity index (χ2v) is 11.1. The van der Waals surface area contributed by atoms with E-state index in [0.29, 0.717) is 11.0 Å². The second kappa shape index (κ2) is 10.3. The van der Waals surface area contributed by atoms with Gasteiger partial charge in [-0.2, -0.15) is 17.5 Å². The molecule has 14 heteroatoms. The molecule has 0 N–H and O–H groups in total. The molecule has 3 atom stereocenters. The van der Waals surface area contributed by atoms with Crippen molar-refractivity contribution < 1.29 is 39.6 Å². The molecule has 0 unspecified atom stereocenters. The Morgan fingerprint density at radius 1 is 1.10 bits per heavy atom. The molecule has 1 saturated heterocycles. The number of benzene rings is 1. The van der Waals surface area contributed by atoms with Gasteiger partial charge in [-0.25, -0.2) is 27.2 Å². The number of aromatic nitrogens is 3. The molecule has 40 heavy (non-hydrogen) atoms. The monoisotopic (exact) mass is 580 g/mol. The van der Waals surface area contributed by atoms with Gasteiger partial charge in [-0.15, -0.1) is 0 Å². The van der Waals surface area contributed by atoms with Crippen molar-refractivity contribution in [2.24, 2.45) is 0 Å². The minimum atomic E-state index is -4.73. The molecule has 8 nitrogen and oxygen atoms in total. The summed E-state index contributed by atoms with van der Waals surface area (Å²) in [6, 6.07) is 6.67. The Morgan fingerprint density at radius 2 is 1.80 bits per heavy atom. The molecule has 4 aromatic rings. The number of carbonyl (C=O) groups is 1. The zero-order valence-corrected chi connectivity index (χ0v) is 21.6. The molecule has 210 valence electrons. The highest BCUT2D eigenvalue weighted by Gasteiger charge is 2.49. The summed E-state index contributed by atoms with van der Waals surface area (Å²) in [5.41, 5.74) is 0.487. The molecule has 1 aromatic carbocycles. The molecule has 0 radical (unpaired) electrons. The summed E-state index contributed by atoms with van der Waals surface area (Å²) < 4.78 is 101. The summed E-state index contributed by atoms with van der Waals surface area (Å²) in [5, 5.41) is 0.103. The number of hydrogen-bond donors (Lipinski definition) is 0. The quantitative estimate of drug-likeness (QED) is 0.279. The highest BCUT2D eigenvalue weighted by molar-refractivity contribution is 7.89. The highest BCUT2D eigenvalue weighted by Crippen LogP contribution is 2.36. The summed E-state index contributed by atoms with van der Waals surface area (Å²) in [4.78, 5) is 23.6. The van der Waals surface area contributed by atoms with E-state index in [1.807, 2.05) is 0 Å². The number of fused-ring (bicyclic) bond motifs is 1. The van der Waals surface area contributed by atoms with E-state index in [1.165, 1.54) is 19.1 Å². The Hall–Kier alpha value is -3.78. The Kier molecular flexibility index (Phi) is 7.17. The Morgan fingerprint density at radius 3 is 2.48 bits per heavy atom. The van der Waals surface area contributed by atoms with Gasteiger partial charge in [0.1, 0.15) is 17.6 Å². The number of alkyl halides is 4. The van der Waals surface area contributed by atoms with Crippen molar-refractivity contribution in [3.8, 4) is 11.3 Å². The van der Waals surface area contributed by atoms with Crippen molar-refractivity contribution in [3.63, 3.8) is 0 Å². The van der Waals surface area contributed by atoms with E-state index in [2.05, 4.69) is 15.0 Å². The predicted molar refractivity (Wildman–Crippen MR) is 132 cm³/mol. The van der Waals surface area contributed by atoms with Gasteiger partial charge >= 0.3 is 6.18 Å². The van der Waals surface area contributed by atoms with Crippen LogP contribution < -0.4 is 0 Å². The van der Waals surface area contributed by atoms with Crippen LogP contribution in [0.2, 0.25) is 0 Å². The fourth-order valence-corrected chi connectivity index (χ4v) is 6.45. The lowest BCUT2D eigenvalue weighted by molar-refractivity contribution is -0.145. The summed E-state index contributed by atoms with van der Waals surface area (Å²) in [7, 11) is -4.40. The van der Waals surface area contributed by atoms with Gasteiger partial charge in [-0.1, -0.05) is 18.2 Å². The number of halogens is 5. The summed E-state index contributed by atoms with van der Waals surface area (Å²) in [6.45, 7) is 1.36. The predicted octanol–water partition coefficient (Wildman–Crippen LogP) is 5.13. The van der Waals surface area contributed by atoms with Crippen LogP contribution in [-0.4, -0.2) is 51.7 Å². The van der Waals surface area contributed by atoms with Gasteiger partial charge in [0, 0.05) is 42.3 Å². The van der Waals surface area contributed by atoms with Crippen molar-refractivity contribution >= 4 is 26.8 Å². The third-order valence-corrected chi connectivity index (χ3v) is 8.62. The third-order valence-electron chi connectivity index (χ3n) is 6.76. The van der Waals surface area contributed by atoms with Crippen molar-refractivity contribution in [2.45, 2.75) is 55.7 Å². The minimum absolute atomic E-state index is 0.00721. The number of nitrogens with zero attached hydrogens (tertiary/aromatic N) is 4. The van der Waals surface area contributed by atoms with E-state index >= 15 is 0 Å². The Labute approximate surface area is 224 Å². The normalized spacial score (nSPS) is 20.3. The maximum atomic E-state index is 14.8. The van der Waals surface area contributed by atoms with Crippen LogP contribution in [-0.2, 0) is 27.4 Å². The van der Waals surface area contributed by atoms with Gasteiger partial charge < -0.3 is 4.42 Å². The van der Waals surface area contributed by atoms with Gasteiger partial charge in [-0.3, -0.25) is 9.78 Å². The highest BCUT2D eigenvalue weighted by atomic mass is 32.2. The lowest BCUT2D eigenvalue weighted by atomic mass is 10.0. The minimum Gasteiger partial charge on any atom is -0.443 e. The van der Waals surface area contributed by atoms with Crippen LogP contribution in [0.3, 0.4) is 0 Å². The van der Waals surface area contributed by atoms with E-state index in [9.17, 15) is 35.2 Å². The Balaban J connectivity index is 1.35. The van der Waals surface area contributed by atoms with E-state index in [0.717, 1.165) is 22.9 Å². The van der Waals surface area contributed by atoms with Crippen LogP contribution in [0.5, 0.6) is 0 Å². The molecule has 1 aliphatic rings. The molecule has 5 rings (SSSR count). The van der Waals surface area contributed by atoms with Gasteiger partial charge in [0.2, 0.25) is 10.9 Å². The van der Waals surface area contributed by atoms with Crippen LogP contribution in [0.1, 0.15) is 31.2 Å². The van der Waals surface area contributed by atoms with Crippen molar-refractivity contribution in [1.82, 2.24) is 19.3 Å². The zero-order chi connectivity index (χ0) is 28.8. The first-order valence-corrected chi connectivity index (χ1v) is 13.5. The van der Waals surface area contributed by atoms with Gasteiger partial charge in [0.05, 0.1) is 24.0 Å². The average molecular weight is 581 g/mol. The molecule has 1 fully saturated rings. The van der Waals surface area contributed by atoms with Crippen LogP contribution >= 0.6 is 0 Å². The first-order chi connectivity index (χ1) is 18.9. The smallest absolute Gasteiger partial charge is 0.443 e. The molecule has 3 aromatic heterocycles. The van der Waals surface area contributed by atoms with Crippen molar-refractivity contribution in [2.75, 3.05) is 0 Å². The summed E-state index contributed by atoms with van der Waals surface area (Å²) in [6.07, 6.45) is -4.60. The topological polar surface area (TPSA) is 106 Å². The second-order valence-electron chi connectivity index (χ2n) is 9.37. The van der Waals surface area contributed by atoms with E-state index in [1.54, 1.807) is 24.3 Å². The molecular weight excluding hydrogens is 559 g/mol. The number of hydrogen-bond acceptors (Lipinski definition) is 7. The number of sulfonamides is 1. The first kappa shape index (κ1) is 27.8. The van der Waals surface area contributed by atoms with Crippen LogP contribution in [0, 0.1) is 5.82 Å². The molecule has 0 spiro atoms. The van der Waals surface area contributed by atoms with Gasteiger partial charge in [-0.05, 0) is 31.0 Å². The average Bonchev–Trinajstić information content (AvgIpc) is 3.49. The fraction of sp³-hybridized carbons (Fsp3) is 0.308. The molecule has 0 bridgehead atoms. The van der Waals surface area contributed by atoms with Crippen molar-refractivity contribution in [3.05, 3.63) is 72.2 Å². The zero-order valence-electron chi connectivity index (χ0n) is 20.8. The molecule has 1 aliphatic heterocycles. The fourth-order valence-electron chi connectivity index (χ4n) is 4.67. The van der Waals surface area contributed by atoms with Gasteiger partial charge in [0.25, 0.3) is 10.0 Å². The number of ketones is 1. The number of para-hydroxylation sites is 1. The maximum absolute atomic E-state index is 14.8. The first-order valence-electron chi connectivity index (χ1n) is 12.1. The molecule has 4 heterocycles. The lowest BCUT2D eigenvalue weighted by Gasteiger charge is -2.25. The molecular formula is C26H21F5N4O4S. The molecule has 0 aliphatic carbocycles. The van der Waals surface area contributed by atoms with E-state index < -0.39 is 57.0 Å². The van der Waals surface area contributed by atoms with E-state index in [4.69, 9.17) is 4.42 Å². The van der Waals surface area contributed by atoms with Crippen LogP contribution in [0.4, 0.5) is 22.0 Å². The number of rotatable bonds is 7. The lowest BCUT2D eigenvalue weighted by Crippen LogP contribution is -2.44. The maximum Gasteiger partial charge on any atom is 0.451 e. The summed E-state index contributed by atoms with van der Waals surface area (Å²) >= 11 is 0. The molecule has 0 amide bonds. The number of furan rings is 1. The van der Waals surface area contributed by atoms with Gasteiger partial charge in [0.15, 0.2) is 5.78 Å².